The first-order chi connectivity index (χ1) is 17.3. The molecule has 3 saturated heterocycles. The number of benzene rings is 1. The molecule has 1 aromatic carbocycles. The molecule has 3 fully saturated rings. The summed E-state index contributed by atoms with van der Waals surface area (Å²) in [5.41, 5.74) is 7.90. The van der Waals surface area contributed by atoms with E-state index in [0.29, 0.717) is 17.9 Å². The molecule has 36 heavy (non-hydrogen) atoms. The lowest BCUT2D eigenvalue weighted by Gasteiger charge is -2.32. The van der Waals surface area contributed by atoms with Crippen LogP contribution >= 0.6 is 0 Å². The van der Waals surface area contributed by atoms with Crippen LogP contribution in [0.1, 0.15) is 54.9 Å². The van der Waals surface area contributed by atoms with E-state index in [2.05, 4.69) is 10.2 Å². The molecular formula is C27H40N4O5. The second-order valence-electron chi connectivity index (χ2n) is 10.7. The molecule has 0 aromatic heterocycles. The highest BCUT2D eigenvalue weighted by atomic mass is 16.5. The van der Waals surface area contributed by atoms with E-state index in [4.69, 9.17) is 15.2 Å². The summed E-state index contributed by atoms with van der Waals surface area (Å²) in [7, 11) is 1.73. The molecule has 0 spiro atoms. The fraction of sp³-hybridized carbons (Fsp3) is 0.667. The number of carbonyl (C=O) groups excluding carboxylic acids is 3. The van der Waals surface area contributed by atoms with Crippen LogP contribution in [-0.4, -0.2) is 98.1 Å². The van der Waals surface area contributed by atoms with Gasteiger partial charge in [-0.3, -0.25) is 14.4 Å². The highest BCUT2D eigenvalue weighted by Gasteiger charge is 2.52. The topological polar surface area (TPSA) is 114 Å². The number of nitrogens with zero attached hydrogens (tertiary/aromatic N) is 2. The van der Waals surface area contributed by atoms with Crippen LogP contribution in [0, 0.1) is 5.92 Å². The quantitative estimate of drug-likeness (QED) is 0.523. The number of hydrogen-bond acceptors (Lipinski definition) is 7. The summed E-state index contributed by atoms with van der Waals surface area (Å²) >= 11 is 0. The SMILES string of the molecule is COCCN1CCC(c2ccc(C(=O)N[C@@H](CC(C)C)C(=O)N3C[C@H](N)[C@H]4OCC(=O)[C@H]43)cc2)CC1. The molecule has 3 aliphatic heterocycles. The number of hydrogen-bond donors (Lipinski definition) is 2. The molecule has 9 nitrogen and oxygen atoms in total. The number of Topliss-reactive ketones (excluding diaryl/α,β-unsaturated/α-hetero) is 1. The molecule has 9 heteroatoms. The van der Waals surface area contributed by atoms with Gasteiger partial charge in [0.15, 0.2) is 5.78 Å². The summed E-state index contributed by atoms with van der Waals surface area (Å²) in [5.74, 6) is -0.0237. The molecule has 0 unspecified atom stereocenters. The Labute approximate surface area is 213 Å². The number of methoxy groups -OCH3 is 1. The van der Waals surface area contributed by atoms with Gasteiger partial charge in [-0.25, -0.2) is 0 Å². The zero-order valence-electron chi connectivity index (χ0n) is 21.7. The first-order valence-corrected chi connectivity index (χ1v) is 13.1. The van der Waals surface area contributed by atoms with Crippen molar-refractivity contribution in [2.24, 2.45) is 11.7 Å². The molecule has 0 radical (unpaired) electrons. The van der Waals surface area contributed by atoms with E-state index in [1.165, 1.54) is 10.5 Å². The lowest BCUT2D eigenvalue weighted by atomic mass is 9.89. The minimum absolute atomic E-state index is 0.0213. The average Bonchev–Trinajstić information content (AvgIpc) is 3.42. The van der Waals surface area contributed by atoms with Crippen molar-refractivity contribution in [3.63, 3.8) is 0 Å². The van der Waals surface area contributed by atoms with Crippen LogP contribution in [-0.2, 0) is 19.1 Å². The summed E-state index contributed by atoms with van der Waals surface area (Å²) in [5, 5.41) is 2.93. The minimum atomic E-state index is -0.729. The van der Waals surface area contributed by atoms with E-state index in [-0.39, 0.29) is 36.7 Å². The Morgan fingerprint density at radius 3 is 2.53 bits per heavy atom. The maximum Gasteiger partial charge on any atom is 0.251 e. The summed E-state index contributed by atoms with van der Waals surface area (Å²) < 4.78 is 10.7. The Kier molecular flexibility index (Phi) is 8.77. The number of nitrogens with one attached hydrogen (secondary N) is 1. The van der Waals surface area contributed by atoms with Crippen molar-refractivity contribution in [2.75, 3.05) is 46.5 Å². The molecule has 198 valence electrons. The summed E-state index contributed by atoms with van der Waals surface area (Å²) in [6.45, 7) is 8.05. The minimum Gasteiger partial charge on any atom is -0.383 e. The van der Waals surface area contributed by atoms with Gasteiger partial charge in [0.25, 0.3) is 5.91 Å². The summed E-state index contributed by atoms with van der Waals surface area (Å²) in [4.78, 5) is 42.9. The van der Waals surface area contributed by atoms with Crippen molar-refractivity contribution >= 4 is 17.6 Å². The van der Waals surface area contributed by atoms with E-state index in [1.54, 1.807) is 7.11 Å². The highest BCUT2D eigenvalue weighted by Crippen LogP contribution is 2.29. The zero-order valence-corrected chi connectivity index (χ0v) is 21.7. The molecule has 4 rings (SSSR count). The van der Waals surface area contributed by atoms with Crippen LogP contribution in [0.4, 0.5) is 0 Å². The monoisotopic (exact) mass is 500 g/mol. The van der Waals surface area contributed by atoms with Gasteiger partial charge < -0.3 is 30.3 Å². The first kappa shape index (κ1) is 26.7. The molecule has 0 bridgehead atoms. The van der Waals surface area contributed by atoms with E-state index in [9.17, 15) is 14.4 Å². The molecule has 2 amide bonds. The van der Waals surface area contributed by atoms with Gasteiger partial charge in [-0.15, -0.1) is 0 Å². The third-order valence-corrected chi connectivity index (χ3v) is 7.66. The summed E-state index contributed by atoms with van der Waals surface area (Å²) in [6.07, 6.45) is 2.19. The van der Waals surface area contributed by atoms with Gasteiger partial charge in [0, 0.05) is 25.8 Å². The Morgan fingerprint density at radius 1 is 1.19 bits per heavy atom. The Morgan fingerprint density at radius 2 is 1.89 bits per heavy atom. The molecule has 4 atom stereocenters. The largest absolute Gasteiger partial charge is 0.383 e. The maximum atomic E-state index is 13.5. The Bertz CT molecular complexity index is 929. The predicted molar refractivity (Wildman–Crippen MR) is 136 cm³/mol. The van der Waals surface area contributed by atoms with Crippen molar-refractivity contribution in [2.45, 2.75) is 63.3 Å². The van der Waals surface area contributed by atoms with Crippen LogP contribution in [0.15, 0.2) is 24.3 Å². The van der Waals surface area contributed by atoms with E-state index in [0.717, 1.165) is 39.1 Å². The standard InChI is InChI=1S/C27H40N4O5/c1-17(2)14-22(27(34)31-15-21(28)25-24(31)23(32)16-36-25)29-26(33)20-6-4-18(5-7-20)19-8-10-30(11-9-19)12-13-35-3/h4-7,17,19,21-22,24-25H,8-16,28H2,1-3H3,(H,29,33)/t21-,22-,24+,25+/m0/s1. The number of likely N-dealkylation sites (tertiary alicyclic amines) is 2. The number of nitrogens with two attached hydrogens (primary N) is 1. The number of amides is 2. The van der Waals surface area contributed by atoms with Crippen LogP contribution in [0.3, 0.4) is 0 Å². The van der Waals surface area contributed by atoms with Crippen LogP contribution in [0.5, 0.6) is 0 Å². The molecule has 3 N–H and O–H groups in total. The van der Waals surface area contributed by atoms with Gasteiger partial charge in [-0.05, 0) is 61.9 Å². The van der Waals surface area contributed by atoms with Crippen LogP contribution < -0.4 is 11.1 Å². The smallest absolute Gasteiger partial charge is 0.251 e. The molecule has 0 saturated carbocycles. The van der Waals surface area contributed by atoms with Crippen molar-refractivity contribution in [3.8, 4) is 0 Å². The lowest BCUT2D eigenvalue weighted by molar-refractivity contribution is -0.138. The normalized spacial score (nSPS) is 25.9. The lowest BCUT2D eigenvalue weighted by Crippen LogP contribution is -2.52. The number of piperidine rings is 1. The second kappa shape index (κ2) is 11.8. The predicted octanol–water partition coefficient (Wildman–Crippen LogP) is 1.16. The van der Waals surface area contributed by atoms with Gasteiger partial charge in [0.05, 0.1) is 12.6 Å². The van der Waals surface area contributed by atoms with Crippen LogP contribution in [0.25, 0.3) is 0 Å². The molecule has 1 aromatic rings. The van der Waals surface area contributed by atoms with Crippen LogP contribution in [0.2, 0.25) is 0 Å². The number of ketones is 1. The maximum absolute atomic E-state index is 13.5. The Balaban J connectivity index is 1.38. The van der Waals surface area contributed by atoms with Gasteiger partial charge in [0.1, 0.15) is 24.8 Å². The molecule has 3 aliphatic rings. The third kappa shape index (κ3) is 5.96. The fourth-order valence-corrected chi connectivity index (χ4v) is 5.67. The zero-order chi connectivity index (χ0) is 25.8. The number of ether oxygens (including phenoxy) is 2. The highest BCUT2D eigenvalue weighted by molar-refractivity contribution is 5.99. The molecule has 0 aliphatic carbocycles. The average molecular weight is 501 g/mol. The van der Waals surface area contributed by atoms with Gasteiger partial charge in [-0.1, -0.05) is 26.0 Å². The van der Waals surface area contributed by atoms with Crippen molar-refractivity contribution in [1.29, 1.82) is 0 Å². The van der Waals surface area contributed by atoms with Crippen molar-refractivity contribution in [3.05, 3.63) is 35.4 Å². The number of fused-ring (bicyclic) bond motifs is 1. The third-order valence-electron chi connectivity index (χ3n) is 7.66. The number of carbonyl (C=O) groups is 3. The van der Waals surface area contributed by atoms with E-state index < -0.39 is 24.2 Å². The first-order valence-electron chi connectivity index (χ1n) is 13.1. The number of rotatable bonds is 9. The van der Waals surface area contributed by atoms with Gasteiger partial charge in [0.2, 0.25) is 5.91 Å². The summed E-state index contributed by atoms with van der Waals surface area (Å²) in [6, 6.07) is 5.96. The van der Waals surface area contributed by atoms with E-state index >= 15 is 0 Å². The molecular weight excluding hydrogens is 460 g/mol. The van der Waals surface area contributed by atoms with Gasteiger partial charge in [-0.2, -0.15) is 0 Å². The second-order valence-corrected chi connectivity index (χ2v) is 10.7. The molecule has 3 heterocycles. The fourth-order valence-electron chi connectivity index (χ4n) is 5.67. The van der Waals surface area contributed by atoms with E-state index in [1.807, 2.05) is 38.1 Å². The Hall–Kier alpha value is -2.33. The van der Waals surface area contributed by atoms with Gasteiger partial charge >= 0.3 is 0 Å². The van der Waals surface area contributed by atoms with Crippen molar-refractivity contribution in [1.82, 2.24) is 15.1 Å². The van der Waals surface area contributed by atoms with Crippen molar-refractivity contribution < 1.29 is 23.9 Å².